The van der Waals surface area contributed by atoms with Gasteiger partial charge in [-0.2, -0.15) is 0 Å². The number of carbonyl (C=O) groups excluding carboxylic acids is 2. The maximum absolute atomic E-state index is 11.9. The zero-order valence-electron chi connectivity index (χ0n) is 13.0. The highest BCUT2D eigenvalue weighted by atomic mass is 16.5. The van der Waals surface area contributed by atoms with Crippen LogP contribution in [0.5, 0.6) is 0 Å². The summed E-state index contributed by atoms with van der Waals surface area (Å²) in [5.41, 5.74) is 3.40. The number of carbonyl (C=O) groups is 2. The predicted octanol–water partition coefficient (Wildman–Crippen LogP) is 2.58. The molecule has 118 valence electrons. The van der Waals surface area contributed by atoms with Crippen molar-refractivity contribution in [2.24, 2.45) is 0 Å². The summed E-state index contributed by atoms with van der Waals surface area (Å²) >= 11 is 0. The van der Waals surface area contributed by atoms with Gasteiger partial charge in [0.2, 0.25) is 0 Å². The van der Waals surface area contributed by atoms with Crippen molar-refractivity contribution >= 4 is 28.4 Å². The van der Waals surface area contributed by atoms with Gasteiger partial charge in [-0.25, -0.2) is 9.59 Å². The molecule has 1 aliphatic rings. The second-order valence-corrected chi connectivity index (χ2v) is 5.31. The number of ether oxygens (including phenoxy) is 2. The topological polar surface area (TPSA) is 64.6 Å². The minimum Gasteiger partial charge on any atom is -0.466 e. The summed E-state index contributed by atoms with van der Waals surface area (Å²) in [4.78, 5) is 23.4. The Morgan fingerprint density at radius 1 is 1.04 bits per heavy atom. The minimum atomic E-state index is -0.626. The van der Waals surface area contributed by atoms with E-state index in [1.54, 1.807) is 0 Å². The van der Waals surface area contributed by atoms with E-state index in [1.165, 1.54) is 30.7 Å². The third-order valence-electron chi connectivity index (χ3n) is 4.01. The van der Waals surface area contributed by atoms with E-state index in [1.807, 2.05) is 24.3 Å². The van der Waals surface area contributed by atoms with E-state index in [-0.39, 0.29) is 5.70 Å². The lowest BCUT2D eigenvalue weighted by Crippen LogP contribution is -2.15. The zero-order valence-corrected chi connectivity index (χ0v) is 13.0. The fourth-order valence-electron chi connectivity index (χ4n) is 2.93. The van der Waals surface area contributed by atoms with Gasteiger partial charge >= 0.3 is 11.9 Å². The lowest BCUT2D eigenvalue weighted by Gasteiger charge is -2.13. The van der Waals surface area contributed by atoms with E-state index in [2.05, 4.69) is 16.1 Å². The van der Waals surface area contributed by atoms with Crippen LogP contribution in [0.25, 0.3) is 10.8 Å². The number of benzene rings is 2. The van der Waals surface area contributed by atoms with Crippen molar-refractivity contribution in [1.82, 2.24) is 0 Å². The summed E-state index contributed by atoms with van der Waals surface area (Å²) in [7, 11) is 2.52. The van der Waals surface area contributed by atoms with Crippen LogP contribution >= 0.6 is 0 Å². The Morgan fingerprint density at radius 3 is 2.48 bits per heavy atom. The Hall–Kier alpha value is -2.82. The Morgan fingerprint density at radius 2 is 1.78 bits per heavy atom. The third-order valence-corrected chi connectivity index (χ3v) is 4.01. The Balaban J connectivity index is 2.05. The number of rotatable bonds is 4. The first kappa shape index (κ1) is 15.1. The van der Waals surface area contributed by atoms with Crippen LogP contribution < -0.4 is 5.32 Å². The zero-order chi connectivity index (χ0) is 16.4. The first-order chi connectivity index (χ1) is 11.1. The monoisotopic (exact) mass is 311 g/mol. The summed E-state index contributed by atoms with van der Waals surface area (Å²) in [6.45, 7) is 0. The molecule has 5 nitrogen and oxygen atoms in total. The molecule has 0 amide bonds. The van der Waals surface area contributed by atoms with Crippen LogP contribution in [0.4, 0.5) is 5.69 Å². The Bertz CT molecular complexity index is 813. The van der Waals surface area contributed by atoms with Crippen LogP contribution in [0.2, 0.25) is 0 Å². The lowest BCUT2D eigenvalue weighted by molar-refractivity contribution is -0.138. The van der Waals surface area contributed by atoms with E-state index in [9.17, 15) is 9.59 Å². The summed E-state index contributed by atoms with van der Waals surface area (Å²) in [6.07, 6.45) is 3.14. The second-order valence-electron chi connectivity index (χ2n) is 5.31. The van der Waals surface area contributed by atoms with Crippen LogP contribution in [-0.4, -0.2) is 26.2 Å². The maximum Gasteiger partial charge on any atom is 0.354 e. The molecule has 0 saturated carbocycles. The fourth-order valence-corrected chi connectivity index (χ4v) is 2.93. The predicted molar refractivity (Wildman–Crippen MR) is 87.1 cm³/mol. The molecule has 0 bridgehead atoms. The number of anilines is 1. The van der Waals surface area contributed by atoms with Gasteiger partial charge in [0, 0.05) is 11.1 Å². The second kappa shape index (κ2) is 6.12. The van der Waals surface area contributed by atoms with E-state index in [0.717, 1.165) is 30.0 Å². The summed E-state index contributed by atoms with van der Waals surface area (Å²) in [5, 5.41) is 5.25. The molecule has 0 atom stereocenters. The van der Waals surface area contributed by atoms with Gasteiger partial charge in [0.1, 0.15) is 5.70 Å². The molecule has 5 heteroatoms. The molecular formula is C18H17NO4. The summed E-state index contributed by atoms with van der Waals surface area (Å²) < 4.78 is 9.31. The van der Waals surface area contributed by atoms with Gasteiger partial charge in [0.05, 0.1) is 20.3 Å². The molecule has 0 aliphatic heterocycles. The molecule has 0 saturated heterocycles. The fraction of sp³-hybridized carbons (Fsp3) is 0.222. The molecule has 0 aromatic heterocycles. The summed E-state index contributed by atoms with van der Waals surface area (Å²) in [6, 6.07) is 10.1. The minimum absolute atomic E-state index is 0.0399. The molecule has 23 heavy (non-hydrogen) atoms. The molecule has 0 unspecified atom stereocenters. The van der Waals surface area contributed by atoms with E-state index >= 15 is 0 Å². The van der Waals surface area contributed by atoms with E-state index in [4.69, 9.17) is 4.74 Å². The quantitative estimate of drug-likeness (QED) is 0.694. The standard InChI is InChI=1S/C18H17NO4/c1-22-16(20)10-15(18(21)23-2)19-14-9-8-12-7-6-11-4-3-5-13(14)17(11)12/h3-5,8-10,19H,6-7H2,1-2H3/b15-10+. The van der Waals surface area contributed by atoms with Gasteiger partial charge in [-0.15, -0.1) is 0 Å². The molecule has 2 aromatic carbocycles. The number of hydrogen-bond acceptors (Lipinski definition) is 5. The number of hydrogen-bond donors (Lipinski definition) is 1. The van der Waals surface area contributed by atoms with Gasteiger partial charge in [0.25, 0.3) is 0 Å². The highest BCUT2D eigenvalue weighted by Crippen LogP contribution is 2.35. The number of methoxy groups -OCH3 is 2. The van der Waals surface area contributed by atoms with Crippen LogP contribution in [0, 0.1) is 0 Å². The molecule has 3 rings (SSSR count). The number of nitrogens with one attached hydrogen (secondary N) is 1. The van der Waals surface area contributed by atoms with Crippen molar-refractivity contribution < 1.29 is 19.1 Å². The first-order valence-electron chi connectivity index (χ1n) is 7.32. The smallest absolute Gasteiger partial charge is 0.354 e. The molecule has 0 heterocycles. The highest BCUT2D eigenvalue weighted by Gasteiger charge is 2.18. The highest BCUT2D eigenvalue weighted by molar-refractivity contribution is 6.04. The molecule has 2 aromatic rings. The number of esters is 2. The average Bonchev–Trinajstić information content (AvgIpc) is 3.00. The molecule has 0 fully saturated rings. The number of aryl methyl sites for hydroxylation is 2. The lowest BCUT2D eigenvalue weighted by atomic mass is 10.0. The van der Waals surface area contributed by atoms with Crippen molar-refractivity contribution in [3.8, 4) is 0 Å². The molecular weight excluding hydrogens is 294 g/mol. The Kier molecular flexibility index (Phi) is 4.02. The van der Waals surface area contributed by atoms with Gasteiger partial charge in [0.15, 0.2) is 0 Å². The molecule has 1 aliphatic carbocycles. The Labute approximate surface area is 133 Å². The largest absolute Gasteiger partial charge is 0.466 e. The van der Waals surface area contributed by atoms with Crippen LogP contribution in [0.3, 0.4) is 0 Å². The van der Waals surface area contributed by atoms with Crippen molar-refractivity contribution in [2.75, 3.05) is 19.5 Å². The van der Waals surface area contributed by atoms with Crippen molar-refractivity contribution in [3.63, 3.8) is 0 Å². The van der Waals surface area contributed by atoms with E-state index < -0.39 is 11.9 Å². The van der Waals surface area contributed by atoms with Crippen molar-refractivity contribution in [3.05, 3.63) is 53.2 Å². The third kappa shape index (κ3) is 2.77. The normalized spacial score (nSPS) is 13.0. The SMILES string of the molecule is COC(=O)/C=C(/Nc1ccc2c3c(cccc13)CC2)C(=O)OC. The van der Waals surface area contributed by atoms with Gasteiger partial charge in [-0.3, -0.25) is 0 Å². The summed E-state index contributed by atoms with van der Waals surface area (Å²) in [5.74, 6) is -1.25. The maximum atomic E-state index is 11.9. The van der Waals surface area contributed by atoms with Gasteiger partial charge in [-0.1, -0.05) is 24.3 Å². The van der Waals surface area contributed by atoms with E-state index in [0.29, 0.717) is 0 Å². The average molecular weight is 311 g/mol. The van der Waals surface area contributed by atoms with Gasteiger partial charge in [-0.05, 0) is 35.4 Å². The van der Waals surface area contributed by atoms with Crippen LogP contribution in [0.15, 0.2) is 42.1 Å². The molecule has 0 radical (unpaired) electrons. The van der Waals surface area contributed by atoms with Crippen LogP contribution in [-0.2, 0) is 31.9 Å². The van der Waals surface area contributed by atoms with Gasteiger partial charge < -0.3 is 14.8 Å². The molecule has 1 N–H and O–H groups in total. The van der Waals surface area contributed by atoms with Crippen LogP contribution in [0.1, 0.15) is 11.1 Å². The first-order valence-corrected chi connectivity index (χ1v) is 7.32. The van der Waals surface area contributed by atoms with Crippen molar-refractivity contribution in [2.45, 2.75) is 12.8 Å². The van der Waals surface area contributed by atoms with Crippen molar-refractivity contribution in [1.29, 1.82) is 0 Å². The molecule has 0 spiro atoms.